The maximum absolute atomic E-state index is 11.1. The highest BCUT2D eigenvalue weighted by Gasteiger charge is 2.24. The van der Waals surface area contributed by atoms with Crippen molar-refractivity contribution >= 4 is 11.6 Å². The van der Waals surface area contributed by atoms with Crippen molar-refractivity contribution in [2.24, 2.45) is 0 Å². The van der Waals surface area contributed by atoms with E-state index in [0.717, 1.165) is 37.3 Å². The highest BCUT2D eigenvalue weighted by molar-refractivity contribution is 5.73. The number of benzene rings is 1. The third kappa shape index (κ3) is 3.28. The molecule has 1 unspecified atom stereocenters. The molecular weight excluding hydrogens is 252 g/mol. The number of hydrogen-bond acceptors (Lipinski definition) is 4. The highest BCUT2D eigenvalue weighted by Crippen LogP contribution is 2.25. The summed E-state index contributed by atoms with van der Waals surface area (Å²) in [6, 6.07) is 8.42. The molecular formula is C15H20N4O. The monoisotopic (exact) mass is 272 g/mol. The number of amides is 1. The summed E-state index contributed by atoms with van der Waals surface area (Å²) in [6.07, 6.45) is 0.919. The van der Waals surface area contributed by atoms with Crippen molar-refractivity contribution in [3.05, 3.63) is 29.3 Å². The molecule has 0 saturated carbocycles. The second-order valence-corrected chi connectivity index (χ2v) is 5.13. The predicted octanol–water partition coefficient (Wildman–Crippen LogP) is 0.992. The molecule has 2 rings (SSSR count). The van der Waals surface area contributed by atoms with E-state index < -0.39 is 0 Å². The van der Waals surface area contributed by atoms with Crippen LogP contribution >= 0.6 is 0 Å². The van der Waals surface area contributed by atoms with Gasteiger partial charge in [0.25, 0.3) is 0 Å². The highest BCUT2D eigenvalue weighted by atomic mass is 16.1. The van der Waals surface area contributed by atoms with Gasteiger partial charge in [-0.3, -0.25) is 4.79 Å². The first kappa shape index (κ1) is 14.4. The van der Waals surface area contributed by atoms with Gasteiger partial charge in [0.15, 0.2) is 0 Å². The average molecular weight is 272 g/mol. The molecule has 1 aromatic carbocycles. The smallest absolute Gasteiger partial charge is 0.217 e. The van der Waals surface area contributed by atoms with Gasteiger partial charge in [-0.2, -0.15) is 5.26 Å². The first-order valence-corrected chi connectivity index (χ1v) is 6.83. The van der Waals surface area contributed by atoms with Crippen LogP contribution in [0.25, 0.3) is 0 Å². The zero-order chi connectivity index (χ0) is 14.5. The Labute approximate surface area is 119 Å². The molecule has 1 aliphatic rings. The number of nitriles is 1. The minimum atomic E-state index is 0.00160. The van der Waals surface area contributed by atoms with Crippen LogP contribution in [0.2, 0.25) is 0 Å². The van der Waals surface area contributed by atoms with E-state index in [1.807, 2.05) is 25.2 Å². The van der Waals surface area contributed by atoms with Gasteiger partial charge >= 0.3 is 0 Å². The average Bonchev–Trinajstić information content (AvgIpc) is 2.86. The van der Waals surface area contributed by atoms with Crippen LogP contribution in [0, 0.1) is 11.3 Å². The number of nitrogens with zero attached hydrogens (tertiary/aromatic N) is 2. The standard InChI is InChI=1S/C15H20N4O/c1-11(20)18-14-5-6-19(10-14)15-4-3-12(9-17-2)7-13(15)8-16/h3-4,7,14,17H,5-6,9-10H2,1-2H3,(H,18,20). The van der Waals surface area contributed by atoms with Crippen molar-refractivity contribution in [1.29, 1.82) is 5.26 Å². The lowest BCUT2D eigenvalue weighted by molar-refractivity contribution is -0.119. The van der Waals surface area contributed by atoms with Crippen LogP contribution in [0.4, 0.5) is 5.69 Å². The van der Waals surface area contributed by atoms with E-state index in [1.165, 1.54) is 6.92 Å². The van der Waals surface area contributed by atoms with Gasteiger partial charge in [-0.05, 0) is 31.2 Å². The first-order valence-electron chi connectivity index (χ1n) is 6.83. The molecule has 0 aromatic heterocycles. The van der Waals surface area contributed by atoms with E-state index in [0.29, 0.717) is 5.56 Å². The van der Waals surface area contributed by atoms with Crippen molar-refractivity contribution < 1.29 is 4.79 Å². The Kier molecular flexibility index (Phi) is 4.59. The lowest BCUT2D eigenvalue weighted by Gasteiger charge is -2.20. The van der Waals surface area contributed by atoms with Crippen LogP contribution in [0.15, 0.2) is 18.2 Å². The molecule has 0 spiro atoms. The summed E-state index contributed by atoms with van der Waals surface area (Å²) in [5.74, 6) is 0.00160. The molecule has 0 radical (unpaired) electrons. The fourth-order valence-electron chi connectivity index (χ4n) is 2.65. The van der Waals surface area contributed by atoms with Crippen molar-refractivity contribution in [3.8, 4) is 6.07 Å². The molecule has 1 fully saturated rings. The van der Waals surface area contributed by atoms with E-state index in [4.69, 9.17) is 0 Å². The Morgan fingerprint density at radius 1 is 1.55 bits per heavy atom. The van der Waals surface area contributed by atoms with Crippen LogP contribution in [0.1, 0.15) is 24.5 Å². The summed E-state index contributed by atoms with van der Waals surface area (Å²) in [4.78, 5) is 13.3. The van der Waals surface area contributed by atoms with E-state index in [1.54, 1.807) is 0 Å². The predicted molar refractivity (Wildman–Crippen MR) is 78.4 cm³/mol. The van der Waals surface area contributed by atoms with Gasteiger partial charge in [-0.1, -0.05) is 6.07 Å². The fraction of sp³-hybridized carbons (Fsp3) is 0.467. The van der Waals surface area contributed by atoms with Crippen LogP contribution in [0.3, 0.4) is 0 Å². The fourth-order valence-corrected chi connectivity index (χ4v) is 2.65. The van der Waals surface area contributed by atoms with E-state index >= 15 is 0 Å². The van der Waals surface area contributed by atoms with Gasteiger partial charge in [-0.25, -0.2) is 0 Å². The number of hydrogen-bond donors (Lipinski definition) is 2. The Morgan fingerprint density at radius 2 is 2.35 bits per heavy atom. The number of nitrogens with one attached hydrogen (secondary N) is 2. The zero-order valence-electron chi connectivity index (χ0n) is 11.9. The van der Waals surface area contributed by atoms with Crippen LogP contribution in [-0.2, 0) is 11.3 Å². The molecule has 5 heteroatoms. The molecule has 5 nitrogen and oxygen atoms in total. The molecule has 1 atom stereocenters. The maximum Gasteiger partial charge on any atom is 0.217 e. The summed E-state index contributed by atoms with van der Waals surface area (Å²) >= 11 is 0. The Morgan fingerprint density at radius 3 is 3.00 bits per heavy atom. The molecule has 1 aliphatic heterocycles. The third-order valence-electron chi connectivity index (χ3n) is 3.50. The second-order valence-electron chi connectivity index (χ2n) is 5.13. The van der Waals surface area contributed by atoms with Crippen molar-refractivity contribution in [3.63, 3.8) is 0 Å². The maximum atomic E-state index is 11.1. The van der Waals surface area contributed by atoms with Crippen molar-refractivity contribution in [2.45, 2.75) is 25.9 Å². The van der Waals surface area contributed by atoms with Gasteiger partial charge < -0.3 is 15.5 Å². The van der Waals surface area contributed by atoms with Crippen molar-refractivity contribution in [2.75, 3.05) is 25.0 Å². The van der Waals surface area contributed by atoms with Crippen LogP contribution in [-0.4, -0.2) is 32.1 Å². The number of carbonyl (C=O) groups is 1. The zero-order valence-corrected chi connectivity index (χ0v) is 11.9. The third-order valence-corrected chi connectivity index (χ3v) is 3.50. The molecule has 1 saturated heterocycles. The minimum Gasteiger partial charge on any atom is -0.368 e. The molecule has 0 bridgehead atoms. The summed E-state index contributed by atoms with van der Waals surface area (Å²) < 4.78 is 0. The molecule has 2 N–H and O–H groups in total. The first-order chi connectivity index (χ1) is 9.63. The van der Waals surface area contributed by atoms with Gasteiger partial charge in [0.05, 0.1) is 11.3 Å². The SMILES string of the molecule is CNCc1ccc(N2CCC(NC(C)=O)C2)c(C#N)c1. The number of anilines is 1. The number of carbonyl (C=O) groups excluding carboxylic acids is 1. The van der Waals surface area contributed by atoms with E-state index in [9.17, 15) is 10.1 Å². The molecule has 1 amide bonds. The summed E-state index contributed by atoms with van der Waals surface area (Å²) in [7, 11) is 1.89. The topological polar surface area (TPSA) is 68.2 Å². The van der Waals surface area contributed by atoms with Gasteiger partial charge in [0.2, 0.25) is 5.91 Å². The minimum absolute atomic E-state index is 0.00160. The number of rotatable bonds is 4. The Hall–Kier alpha value is -2.06. The van der Waals surface area contributed by atoms with Gasteiger partial charge in [0.1, 0.15) is 6.07 Å². The lowest BCUT2D eigenvalue weighted by Crippen LogP contribution is -2.35. The molecule has 0 aliphatic carbocycles. The largest absolute Gasteiger partial charge is 0.368 e. The Balaban J connectivity index is 2.13. The van der Waals surface area contributed by atoms with E-state index in [-0.39, 0.29) is 11.9 Å². The normalized spacial score (nSPS) is 17.9. The van der Waals surface area contributed by atoms with Crippen molar-refractivity contribution in [1.82, 2.24) is 10.6 Å². The molecule has 1 heterocycles. The van der Waals surface area contributed by atoms with Gasteiger partial charge in [-0.15, -0.1) is 0 Å². The summed E-state index contributed by atoms with van der Waals surface area (Å²) in [6.45, 7) is 3.92. The lowest BCUT2D eigenvalue weighted by atomic mass is 10.1. The van der Waals surface area contributed by atoms with Crippen LogP contribution < -0.4 is 15.5 Å². The van der Waals surface area contributed by atoms with E-state index in [2.05, 4.69) is 21.6 Å². The van der Waals surface area contributed by atoms with Gasteiger partial charge in [0, 0.05) is 32.6 Å². The summed E-state index contributed by atoms with van der Waals surface area (Å²) in [5.41, 5.74) is 2.76. The molecule has 20 heavy (non-hydrogen) atoms. The molecule has 106 valence electrons. The Bertz CT molecular complexity index is 535. The quantitative estimate of drug-likeness (QED) is 0.858. The molecule has 1 aromatic rings. The summed E-state index contributed by atoms with van der Waals surface area (Å²) in [5, 5.41) is 15.3. The second kappa shape index (κ2) is 6.40. The van der Waals surface area contributed by atoms with Crippen LogP contribution in [0.5, 0.6) is 0 Å².